The minimum absolute atomic E-state index is 0.00873. The zero-order chi connectivity index (χ0) is 35.1. The first kappa shape index (κ1) is 40.8. The van der Waals surface area contributed by atoms with Crippen molar-refractivity contribution in [2.75, 3.05) is 6.61 Å². The molecule has 0 bridgehead atoms. The van der Waals surface area contributed by atoms with Gasteiger partial charge < -0.3 is 9.47 Å². The summed E-state index contributed by atoms with van der Waals surface area (Å²) in [4.78, 5) is 12.6. The third-order valence-corrected chi connectivity index (χ3v) is 14.7. The standard InChI is InChI=1S/C46H82O3/c1-7-8-9-10-11-12-13-14-15-16-17-18-19-20-21-22-34-48-44(47)49-39-30-32-45(5)38(35-39)26-27-40-42-29-28-41(37(4)25-23-24-36(2)3)46(42,6)33-31-43(40)45/h26,36-37,39-43H,7-25,27-35H2,1-6H3/t37-,39?,40?,41-,42?,43?,45+,46-/m1/s1. The molecule has 0 aromatic rings. The molecule has 8 atom stereocenters. The molecule has 4 unspecified atom stereocenters. The van der Waals surface area contributed by atoms with Crippen LogP contribution in [0.2, 0.25) is 0 Å². The highest BCUT2D eigenvalue weighted by Crippen LogP contribution is 2.67. The average molecular weight is 683 g/mol. The third kappa shape index (κ3) is 11.8. The maximum atomic E-state index is 12.6. The second-order valence-electron chi connectivity index (χ2n) is 18.7. The van der Waals surface area contributed by atoms with Gasteiger partial charge in [0.05, 0.1) is 6.61 Å². The summed E-state index contributed by atoms with van der Waals surface area (Å²) in [7, 11) is 0. The third-order valence-electron chi connectivity index (χ3n) is 14.7. The predicted octanol–water partition coefficient (Wildman–Crippen LogP) is 14.8. The summed E-state index contributed by atoms with van der Waals surface area (Å²) in [6, 6.07) is 0. The minimum atomic E-state index is -0.434. The molecule has 0 radical (unpaired) electrons. The fourth-order valence-corrected chi connectivity index (χ4v) is 11.7. The summed E-state index contributed by atoms with van der Waals surface area (Å²) in [6.07, 6.45) is 38.1. The van der Waals surface area contributed by atoms with E-state index in [-0.39, 0.29) is 6.10 Å². The van der Waals surface area contributed by atoms with E-state index in [1.165, 1.54) is 141 Å². The highest BCUT2D eigenvalue weighted by molar-refractivity contribution is 5.60. The van der Waals surface area contributed by atoms with E-state index in [1.807, 2.05) is 0 Å². The summed E-state index contributed by atoms with van der Waals surface area (Å²) >= 11 is 0. The van der Waals surface area contributed by atoms with Crippen LogP contribution in [0.3, 0.4) is 0 Å². The highest BCUT2D eigenvalue weighted by atomic mass is 16.7. The van der Waals surface area contributed by atoms with Gasteiger partial charge in [-0.1, -0.05) is 169 Å². The fraction of sp³-hybridized carbons (Fsp3) is 0.935. The Labute approximate surface area is 305 Å². The molecule has 3 fully saturated rings. The molecule has 4 aliphatic rings. The van der Waals surface area contributed by atoms with E-state index >= 15 is 0 Å². The second-order valence-corrected chi connectivity index (χ2v) is 18.7. The van der Waals surface area contributed by atoms with Gasteiger partial charge in [-0.3, -0.25) is 0 Å². The number of unbranched alkanes of at least 4 members (excludes halogenated alkanes) is 15. The van der Waals surface area contributed by atoms with E-state index in [9.17, 15) is 4.79 Å². The van der Waals surface area contributed by atoms with Crippen LogP contribution in [0.5, 0.6) is 0 Å². The Morgan fingerprint density at radius 1 is 0.735 bits per heavy atom. The zero-order valence-electron chi connectivity index (χ0n) is 33.6. The molecule has 3 saturated carbocycles. The summed E-state index contributed by atoms with van der Waals surface area (Å²) in [5.74, 6) is 5.17. The molecule has 0 spiro atoms. The van der Waals surface area contributed by atoms with Gasteiger partial charge >= 0.3 is 6.16 Å². The van der Waals surface area contributed by atoms with Crippen molar-refractivity contribution in [3.8, 4) is 0 Å². The van der Waals surface area contributed by atoms with Gasteiger partial charge in [0.1, 0.15) is 6.10 Å². The van der Waals surface area contributed by atoms with E-state index in [1.54, 1.807) is 5.57 Å². The van der Waals surface area contributed by atoms with Crippen LogP contribution in [-0.4, -0.2) is 18.9 Å². The molecule has 0 N–H and O–H groups in total. The Kier molecular flexibility index (Phi) is 17.4. The average Bonchev–Trinajstić information content (AvgIpc) is 3.43. The molecule has 3 heteroatoms. The highest BCUT2D eigenvalue weighted by Gasteiger charge is 2.59. The van der Waals surface area contributed by atoms with Crippen molar-refractivity contribution in [3.63, 3.8) is 0 Å². The number of allylic oxidation sites excluding steroid dienone is 1. The molecule has 0 amide bonds. The van der Waals surface area contributed by atoms with Crippen molar-refractivity contribution in [3.05, 3.63) is 11.6 Å². The Morgan fingerprint density at radius 3 is 1.96 bits per heavy atom. The van der Waals surface area contributed by atoms with Gasteiger partial charge in [0.2, 0.25) is 0 Å². The molecule has 0 aromatic carbocycles. The Hall–Kier alpha value is -0.990. The van der Waals surface area contributed by atoms with E-state index in [2.05, 4.69) is 47.6 Å². The summed E-state index contributed by atoms with van der Waals surface area (Å²) in [6.45, 7) is 15.4. The number of rotatable bonds is 23. The quantitative estimate of drug-likeness (QED) is 0.0611. The second kappa shape index (κ2) is 20.9. The maximum Gasteiger partial charge on any atom is 0.508 e. The molecular weight excluding hydrogens is 601 g/mol. The monoisotopic (exact) mass is 683 g/mol. The zero-order valence-corrected chi connectivity index (χ0v) is 33.6. The molecule has 0 aliphatic heterocycles. The van der Waals surface area contributed by atoms with Gasteiger partial charge in [0.25, 0.3) is 0 Å². The van der Waals surface area contributed by atoms with Crippen molar-refractivity contribution in [2.24, 2.45) is 46.3 Å². The van der Waals surface area contributed by atoms with Crippen LogP contribution in [0.25, 0.3) is 0 Å². The van der Waals surface area contributed by atoms with E-state index < -0.39 is 6.16 Å². The number of hydrogen-bond donors (Lipinski definition) is 0. The lowest BCUT2D eigenvalue weighted by atomic mass is 9.47. The van der Waals surface area contributed by atoms with Crippen molar-refractivity contribution in [1.82, 2.24) is 0 Å². The first-order valence-electron chi connectivity index (χ1n) is 22.2. The predicted molar refractivity (Wildman–Crippen MR) is 209 cm³/mol. The number of ether oxygens (including phenoxy) is 2. The minimum Gasteiger partial charge on any atom is -0.434 e. The van der Waals surface area contributed by atoms with E-state index in [0.29, 0.717) is 17.4 Å². The Bertz CT molecular complexity index is 969. The molecular formula is C46H82O3. The van der Waals surface area contributed by atoms with Gasteiger partial charge in [0.15, 0.2) is 0 Å². The van der Waals surface area contributed by atoms with E-state index in [4.69, 9.17) is 9.47 Å². The first-order chi connectivity index (χ1) is 23.7. The number of fused-ring (bicyclic) bond motifs is 5. The van der Waals surface area contributed by atoms with Crippen LogP contribution in [0.15, 0.2) is 11.6 Å². The summed E-state index contributed by atoms with van der Waals surface area (Å²) in [5.41, 5.74) is 2.43. The lowest BCUT2D eigenvalue weighted by Gasteiger charge is -2.58. The summed E-state index contributed by atoms with van der Waals surface area (Å²) in [5, 5.41) is 0. The fourth-order valence-electron chi connectivity index (χ4n) is 11.7. The van der Waals surface area contributed by atoms with Crippen molar-refractivity contribution in [1.29, 1.82) is 0 Å². The van der Waals surface area contributed by atoms with Crippen LogP contribution in [0, 0.1) is 46.3 Å². The normalized spacial score (nSPS) is 31.5. The summed E-state index contributed by atoms with van der Waals surface area (Å²) < 4.78 is 11.5. The van der Waals surface area contributed by atoms with Gasteiger partial charge in [-0.15, -0.1) is 0 Å². The topological polar surface area (TPSA) is 35.5 Å². The van der Waals surface area contributed by atoms with Crippen LogP contribution in [0.4, 0.5) is 4.79 Å². The lowest BCUT2D eigenvalue weighted by Crippen LogP contribution is -2.51. The molecule has 284 valence electrons. The van der Waals surface area contributed by atoms with Crippen LogP contribution in [0.1, 0.15) is 215 Å². The molecule has 3 nitrogen and oxygen atoms in total. The molecule has 4 rings (SSSR count). The van der Waals surface area contributed by atoms with Crippen molar-refractivity contribution in [2.45, 2.75) is 221 Å². The van der Waals surface area contributed by atoms with Gasteiger partial charge in [-0.05, 0) is 97.7 Å². The lowest BCUT2D eigenvalue weighted by molar-refractivity contribution is -0.0617. The molecule has 0 heterocycles. The Balaban J connectivity index is 1.07. The molecule has 4 aliphatic carbocycles. The van der Waals surface area contributed by atoms with Gasteiger partial charge in [0, 0.05) is 6.42 Å². The number of hydrogen-bond acceptors (Lipinski definition) is 3. The van der Waals surface area contributed by atoms with Crippen LogP contribution >= 0.6 is 0 Å². The largest absolute Gasteiger partial charge is 0.508 e. The van der Waals surface area contributed by atoms with Gasteiger partial charge in [-0.2, -0.15) is 0 Å². The van der Waals surface area contributed by atoms with E-state index in [0.717, 1.165) is 67.6 Å². The number of carbonyl (C=O) groups excluding carboxylic acids is 1. The number of carbonyl (C=O) groups is 1. The maximum absolute atomic E-state index is 12.6. The smallest absolute Gasteiger partial charge is 0.434 e. The first-order valence-corrected chi connectivity index (χ1v) is 22.2. The van der Waals surface area contributed by atoms with Gasteiger partial charge in [-0.25, -0.2) is 4.79 Å². The van der Waals surface area contributed by atoms with Crippen molar-refractivity contribution >= 4 is 6.16 Å². The molecule has 49 heavy (non-hydrogen) atoms. The SMILES string of the molecule is CCCCCCCCCCCCCCCCCCOC(=O)OC1CC[C@@]2(C)C(=CCC3C2CC[C@@]2(C)C3CC[C@@H]2[C@H](C)CCCC(C)C)C1. The van der Waals surface area contributed by atoms with Crippen molar-refractivity contribution < 1.29 is 14.3 Å². The molecule has 0 aromatic heterocycles. The Morgan fingerprint density at radius 2 is 1.35 bits per heavy atom. The van der Waals surface area contributed by atoms with Crippen LogP contribution < -0.4 is 0 Å². The van der Waals surface area contributed by atoms with Crippen LogP contribution in [-0.2, 0) is 9.47 Å². The molecule has 0 saturated heterocycles.